The molecule has 0 radical (unpaired) electrons. The van der Waals surface area contributed by atoms with E-state index in [1.165, 1.54) is 0 Å². The monoisotopic (exact) mass is 199 g/mol. The van der Waals surface area contributed by atoms with Crippen molar-refractivity contribution >= 4 is 17.4 Å². The molecule has 0 unspecified atom stereocenters. The second-order valence-corrected chi connectivity index (χ2v) is 3.53. The van der Waals surface area contributed by atoms with Gasteiger partial charge in [0.1, 0.15) is 16.8 Å². The lowest BCUT2D eigenvalue weighted by molar-refractivity contribution is 0.868. The first-order valence-corrected chi connectivity index (χ1v) is 4.79. The Bertz CT molecular complexity index is 286. The summed E-state index contributed by atoms with van der Waals surface area (Å²) in [6.07, 6.45) is 0.799. The number of halogens is 1. The van der Waals surface area contributed by atoms with E-state index >= 15 is 0 Å². The molecule has 1 N–H and O–H groups in total. The van der Waals surface area contributed by atoms with Crippen LogP contribution >= 0.6 is 11.6 Å². The smallest absolute Gasteiger partial charge is 0.134 e. The van der Waals surface area contributed by atoms with Gasteiger partial charge >= 0.3 is 0 Å². The van der Waals surface area contributed by atoms with Gasteiger partial charge in [-0.15, -0.1) is 0 Å². The van der Waals surface area contributed by atoms with Crippen molar-refractivity contribution in [2.45, 2.75) is 33.2 Å². The molecule has 0 aliphatic rings. The third-order valence-electron chi connectivity index (χ3n) is 1.49. The van der Waals surface area contributed by atoms with Gasteiger partial charge in [-0.05, 0) is 13.8 Å². The number of hydrogen-bond acceptors (Lipinski definition) is 3. The second-order valence-electron chi connectivity index (χ2n) is 3.14. The van der Waals surface area contributed by atoms with E-state index in [-0.39, 0.29) is 0 Å². The molecule has 0 saturated carbocycles. The first-order chi connectivity index (χ1) is 6.11. The summed E-state index contributed by atoms with van der Waals surface area (Å²) in [5.41, 5.74) is 0. The Labute approximate surface area is 83.5 Å². The maximum absolute atomic E-state index is 5.82. The number of nitrogens with zero attached hydrogens (tertiary/aromatic N) is 2. The van der Waals surface area contributed by atoms with Gasteiger partial charge in [-0.25, -0.2) is 9.97 Å². The van der Waals surface area contributed by atoms with Gasteiger partial charge in [-0.2, -0.15) is 0 Å². The van der Waals surface area contributed by atoms with Crippen LogP contribution in [0.25, 0.3) is 0 Å². The van der Waals surface area contributed by atoms with Gasteiger partial charge in [0, 0.05) is 18.5 Å². The normalized spacial score (nSPS) is 10.5. The Balaban J connectivity index is 2.88. The predicted octanol–water partition coefficient (Wildman–Crippen LogP) is 2.51. The molecule has 0 aromatic carbocycles. The molecular formula is C9H14ClN3. The quantitative estimate of drug-likeness (QED) is 0.761. The van der Waals surface area contributed by atoms with Crippen molar-refractivity contribution in [1.29, 1.82) is 0 Å². The van der Waals surface area contributed by atoms with Crippen molar-refractivity contribution in [3.63, 3.8) is 0 Å². The van der Waals surface area contributed by atoms with Gasteiger partial charge in [-0.1, -0.05) is 18.5 Å². The van der Waals surface area contributed by atoms with E-state index in [4.69, 9.17) is 11.6 Å². The highest BCUT2D eigenvalue weighted by atomic mass is 35.5. The van der Waals surface area contributed by atoms with Crippen molar-refractivity contribution in [2.24, 2.45) is 0 Å². The molecule has 1 aromatic rings. The summed E-state index contributed by atoms with van der Waals surface area (Å²) in [6, 6.07) is 2.09. The lowest BCUT2D eigenvalue weighted by Gasteiger charge is -2.09. The summed E-state index contributed by atoms with van der Waals surface area (Å²) in [7, 11) is 0. The van der Waals surface area contributed by atoms with E-state index in [1.807, 2.05) is 6.92 Å². The van der Waals surface area contributed by atoms with Crippen LogP contribution in [0.4, 0.5) is 5.82 Å². The highest BCUT2D eigenvalue weighted by Gasteiger charge is 2.02. The highest BCUT2D eigenvalue weighted by molar-refractivity contribution is 6.29. The fourth-order valence-corrected chi connectivity index (χ4v) is 1.19. The lowest BCUT2D eigenvalue weighted by Crippen LogP contribution is -2.12. The molecule has 3 nitrogen and oxygen atoms in total. The molecular weight excluding hydrogens is 186 g/mol. The van der Waals surface area contributed by atoms with Gasteiger partial charge in [-0.3, -0.25) is 0 Å². The average Bonchev–Trinajstić information content (AvgIpc) is 2.01. The van der Waals surface area contributed by atoms with Gasteiger partial charge in [0.05, 0.1) is 0 Å². The average molecular weight is 200 g/mol. The van der Waals surface area contributed by atoms with Crippen molar-refractivity contribution in [3.8, 4) is 0 Å². The SMILES string of the molecule is CCc1nc(Cl)cc(NC(C)C)n1. The molecule has 0 amide bonds. The first-order valence-electron chi connectivity index (χ1n) is 4.41. The topological polar surface area (TPSA) is 37.8 Å². The van der Waals surface area contributed by atoms with Crippen LogP contribution in [0.2, 0.25) is 5.15 Å². The van der Waals surface area contributed by atoms with Crippen molar-refractivity contribution in [1.82, 2.24) is 9.97 Å². The zero-order chi connectivity index (χ0) is 9.84. The third-order valence-corrected chi connectivity index (χ3v) is 1.69. The van der Waals surface area contributed by atoms with Crippen LogP contribution in [-0.2, 0) is 6.42 Å². The van der Waals surface area contributed by atoms with Gasteiger partial charge < -0.3 is 5.32 Å². The van der Waals surface area contributed by atoms with Crippen LogP contribution in [-0.4, -0.2) is 16.0 Å². The molecule has 13 heavy (non-hydrogen) atoms. The Morgan fingerprint density at radius 2 is 2.15 bits per heavy atom. The molecule has 0 saturated heterocycles. The fourth-order valence-electron chi connectivity index (χ4n) is 0.993. The maximum Gasteiger partial charge on any atom is 0.134 e. The van der Waals surface area contributed by atoms with E-state index in [9.17, 15) is 0 Å². The van der Waals surface area contributed by atoms with Crippen LogP contribution < -0.4 is 5.32 Å². The summed E-state index contributed by atoms with van der Waals surface area (Å²) in [5, 5.41) is 3.68. The second kappa shape index (κ2) is 4.42. The number of rotatable bonds is 3. The molecule has 0 bridgehead atoms. The maximum atomic E-state index is 5.82. The molecule has 1 rings (SSSR count). The van der Waals surface area contributed by atoms with Crippen molar-refractivity contribution < 1.29 is 0 Å². The molecule has 0 fully saturated rings. The van der Waals surface area contributed by atoms with E-state index in [2.05, 4.69) is 29.1 Å². The minimum Gasteiger partial charge on any atom is -0.368 e. The van der Waals surface area contributed by atoms with Crippen molar-refractivity contribution in [2.75, 3.05) is 5.32 Å². The molecule has 1 heterocycles. The van der Waals surface area contributed by atoms with E-state index in [1.54, 1.807) is 6.07 Å². The standard InChI is InChI=1S/C9H14ClN3/c1-4-8-12-7(10)5-9(13-8)11-6(2)3/h5-6H,4H2,1-3H3,(H,11,12,13). The van der Waals surface area contributed by atoms with Crippen LogP contribution in [0.1, 0.15) is 26.6 Å². The zero-order valence-electron chi connectivity index (χ0n) is 8.13. The van der Waals surface area contributed by atoms with E-state index < -0.39 is 0 Å². The van der Waals surface area contributed by atoms with Gasteiger partial charge in [0.15, 0.2) is 0 Å². The number of hydrogen-bond donors (Lipinski definition) is 1. The molecule has 4 heteroatoms. The Morgan fingerprint density at radius 1 is 1.46 bits per heavy atom. The number of aromatic nitrogens is 2. The summed E-state index contributed by atoms with van der Waals surface area (Å²) in [4.78, 5) is 8.36. The van der Waals surface area contributed by atoms with Crippen LogP contribution in [0.15, 0.2) is 6.07 Å². The molecule has 0 spiro atoms. The van der Waals surface area contributed by atoms with Crippen LogP contribution in [0, 0.1) is 0 Å². The molecule has 0 aliphatic carbocycles. The number of nitrogens with one attached hydrogen (secondary N) is 1. The third kappa shape index (κ3) is 3.19. The van der Waals surface area contributed by atoms with E-state index in [0.717, 1.165) is 18.1 Å². The number of anilines is 1. The van der Waals surface area contributed by atoms with Crippen LogP contribution in [0.5, 0.6) is 0 Å². The highest BCUT2D eigenvalue weighted by Crippen LogP contribution is 2.12. The van der Waals surface area contributed by atoms with Crippen LogP contribution in [0.3, 0.4) is 0 Å². The Morgan fingerprint density at radius 3 is 2.69 bits per heavy atom. The molecule has 0 atom stereocenters. The van der Waals surface area contributed by atoms with E-state index in [0.29, 0.717) is 11.2 Å². The predicted molar refractivity (Wildman–Crippen MR) is 55.2 cm³/mol. The van der Waals surface area contributed by atoms with Gasteiger partial charge in [0.2, 0.25) is 0 Å². The lowest BCUT2D eigenvalue weighted by atomic mass is 10.4. The fraction of sp³-hybridized carbons (Fsp3) is 0.556. The summed E-state index contributed by atoms with van der Waals surface area (Å²) in [6.45, 7) is 6.12. The Hall–Kier alpha value is -0.830. The number of aryl methyl sites for hydroxylation is 1. The zero-order valence-corrected chi connectivity index (χ0v) is 8.89. The first kappa shape index (κ1) is 10.3. The molecule has 1 aromatic heterocycles. The summed E-state index contributed by atoms with van der Waals surface area (Å²) >= 11 is 5.82. The Kier molecular flexibility index (Phi) is 3.48. The molecule has 72 valence electrons. The summed E-state index contributed by atoms with van der Waals surface area (Å²) in [5.74, 6) is 1.57. The summed E-state index contributed by atoms with van der Waals surface area (Å²) < 4.78 is 0. The minimum atomic E-state index is 0.357. The van der Waals surface area contributed by atoms with Gasteiger partial charge in [0.25, 0.3) is 0 Å². The molecule has 0 aliphatic heterocycles. The largest absolute Gasteiger partial charge is 0.368 e. The minimum absolute atomic E-state index is 0.357. The van der Waals surface area contributed by atoms with Crippen molar-refractivity contribution in [3.05, 3.63) is 17.0 Å².